The van der Waals surface area contributed by atoms with Crippen molar-refractivity contribution in [3.8, 4) is 17.1 Å². The summed E-state index contributed by atoms with van der Waals surface area (Å²) < 4.78 is 7.54. The van der Waals surface area contributed by atoms with Crippen LogP contribution < -0.4 is 10.7 Å². The SMILES string of the molecule is Cc1ccc(-c2nn(-c3ccccc3)cc2/C=N\NC(=O)CNC2CCCCC2)o1. The molecule has 156 valence electrons. The van der Waals surface area contributed by atoms with E-state index in [1.54, 1.807) is 10.9 Å². The third-order valence-corrected chi connectivity index (χ3v) is 5.29. The van der Waals surface area contributed by atoms with Crippen molar-refractivity contribution in [3.05, 3.63) is 60.0 Å². The summed E-state index contributed by atoms with van der Waals surface area (Å²) in [4.78, 5) is 12.1. The van der Waals surface area contributed by atoms with Gasteiger partial charge in [0.15, 0.2) is 5.76 Å². The van der Waals surface area contributed by atoms with Crippen molar-refractivity contribution in [2.24, 2.45) is 5.10 Å². The number of amides is 1. The second-order valence-corrected chi connectivity index (χ2v) is 7.63. The summed E-state index contributed by atoms with van der Waals surface area (Å²) in [6, 6.07) is 14.1. The topological polar surface area (TPSA) is 84.5 Å². The van der Waals surface area contributed by atoms with Crippen molar-refractivity contribution in [3.63, 3.8) is 0 Å². The number of carbonyl (C=O) groups excluding carboxylic acids is 1. The van der Waals surface area contributed by atoms with Gasteiger partial charge in [-0.15, -0.1) is 0 Å². The van der Waals surface area contributed by atoms with Crippen LogP contribution in [0, 0.1) is 6.92 Å². The fourth-order valence-corrected chi connectivity index (χ4v) is 3.71. The predicted molar refractivity (Wildman–Crippen MR) is 117 cm³/mol. The normalized spacial score (nSPS) is 15.0. The minimum atomic E-state index is -0.150. The molecule has 1 saturated carbocycles. The van der Waals surface area contributed by atoms with Crippen LogP contribution in [0.4, 0.5) is 0 Å². The van der Waals surface area contributed by atoms with Crippen molar-refractivity contribution in [1.82, 2.24) is 20.5 Å². The Balaban J connectivity index is 1.45. The maximum atomic E-state index is 12.1. The van der Waals surface area contributed by atoms with Crippen molar-refractivity contribution >= 4 is 12.1 Å². The highest BCUT2D eigenvalue weighted by atomic mass is 16.3. The van der Waals surface area contributed by atoms with E-state index in [9.17, 15) is 4.79 Å². The van der Waals surface area contributed by atoms with Crippen molar-refractivity contribution in [1.29, 1.82) is 0 Å². The van der Waals surface area contributed by atoms with Crippen molar-refractivity contribution in [2.75, 3.05) is 6.54 Å². The molecule has 0 unspecified atom stereocenters. The maximum Gasteiger partial charge on any atom is 0.254 e. The minimum Gasteiger partial charge on any atom is -0.460 e. The fourth-order valence-electron chi connectivity index (χ4n) is 3.71. The molecule has 0 aliphatic heterocycles. The zero-order chi connectivity index (χ0) is 20.8. The largest absolute Gasteiger partial charge is 0.460 e. The lowest BCUT2D eigenvalue weighted by Crippen LogP contribution is -2.38. The summed E-state index contributed by atoms with van der Waals surface area (Å²) in [7, 11) is 0. The molecule has 1 fully saturated rings. The molecule has 4 rings (SSSR count). The van der Waals surface area contributed by atoms with E-state index in [0.717, 1.165) is 29.9 Å². The van der Waals surface area contributed by atoms with Crippen LogP contribution in [0.25, 0.3) is 17.1 Å². The number of aromatic nitrogens is 2. The lowest BCUT2D eigenvalue weighted by Gasteiger charge is -2.22. The van der Waals surface area contributed by atoms with E-state index in [-0.39, 0.29) is 12.5 Å². The maximum absolute atomic E-state index is 12.1. The molecule has 7 nitrogen and oxygen atoms in total. The predicted octanol–water partition coefficient (Wildman–Crippen LogP) is 3.81. The number of hydrazone groups is 1. The smallest absolute Gasteiger partial charge is 0.254 e. The third-order valence-electron chi connectivity index (χ3n) is 5.29. The van der Waals surface area contributed by atoms with Gasteiger partial charge in [-0.2, -0.15) is 10.2 Å². The number of hydrogen-bond acceptors (Lipinski definition) is 5. The highest BCUT2D eigenvalue weighted by molar-refractivity contribution is 5.89. The molecule has 1 aliphatic carbocycles. The number of nitrogens with zero attached hydrogens (tertiary/aromatic N) is 3. The van der Waals surface area contributed by atoms with Gasteiger partial charge in [0.05, 0.1) is 18.4 Å². The number of furan rings is 1. The molecular weight excluding hydrogens is 378 g/mol. The van der Waals surface area contributed by atoms with Crippen LogP contribution in [0.5, 0.6) is 0 Å². The molecule has 0 atom stereocenters. The summed E-state index contributed by atoms with van der Waals surface area (Å²) in [5.74, 6) is 1.32. The molecule has 2 heterocycles. The molecule has 1 aliphatic rings. The van der Waals surface area contributed by atoms with Crippen molar-refractivity contribution < 1.29 is 9.21 Å². The Hall–Kier alpha value is -3.19. The molecule has 3 aromatic rings. The van der Waals surface area contributed by atoms with Crippen LogP contribution in [0.15, 0.2) is 58.2 Å². The van der Waals surface area contributed by atoms with Crippen LogP contribution in [-0.2, 0) is 4.79 Å². The van der Waals surface area contributed by atoms with Gasteiger partial charge in [-0.05, 0) is 44.0 Å². The van der Waals surface area contributed by atoms with Gasteiger partial charge in [-0.3, -0.25) is 4.79 Å². The monoisotopic (exact) mass is 405 g/mol. The molecule has 1 amide bonds. The molecule has 0 saturated heterocycles. The van der Waals surface area contributed by atoms with Crippen molar-refractivity contribution in [2.45, 2.75) is 45.1 Å². The average molecular weight is 406 g/mol. The number of nitrogens with one attached hydrogen (secondary N) is 2. The van der Waals surface area contributed by atoms with E-state index in [0.29, 0.717) is 17.5 Å². The zero-order valence-electron chi connectivity index (χ0n) is 17.2. The van der Waals surface area contributed by atoms with Crippen LogP contribution in [0.1, 0.15) is 43.4 Å². The summed E-state index contributed by atoms with van der Waals surface area (Å²) in [5.41, 5.74) is 4.97. The van der Waals surface area contributed by atoms with E-state index in [2.05, 4.69) is 20.9 Å². The summed E-state index contributed by atoms with van der Waals surface area (Å²) >= 11 is 0. The van der Waals surface area contributed by atoms with Gasteiger partial charge in [-0.25, -0.2) is 10.1 Å². The van der Waals surface area contributed by atoms with Gasteiger partial charge in [0.1, 0.15) is 11.5 Å². The van der Waals surface area contributed by atoms with Gasteiger partial charge < -0.3 is 9.73 Å². The minimum absolute atomic E-state index is 0.150. The summed E-state index contributed by atoms with van der Waals surface area (Å²) in [6.45, 7) is 2.17. The quantitative estimate of drug-likeness (QED) is 0.462. The first kappa shape index (κ1) is 20.1. The molecule has 7 heteroatoms. The first-order chi connectivity index (χ1) is 14.7. The molecule has 2 aromatic heterocycles. The number of hydrogen-bond donors (Lipinski definition) is 2. The van der Waals surface area contributed by atoms with Gasteiger partial charge >= 0.3 is 0 Å². The second kappa shape index (κ2) is 9.54. The van der Waals surface area contributed by atoms with E-state index < -0.39 is 0 Å². The van der Waals surface area contributed by atoms with E-state index in [4.69, 9.17) is 4.42 Å². The van der Waals surface area contributed by atoms with Crippen LogP contribution in [0.3, 0.4) is 0 Å². The Labute approximate surface area is 176 Å². The van der Waals surface area contributed by atoms with E-state index >= 15 is 0 Å². The number of carbonyl (C=O) groups is 1. The molecule has 1 aromatic carbocycles. The summed E-state index contributed by atoms with van der Waals surface area (Å²) in [5, 5.41) is 12.1. The Morgan fingerprint density at radius 1 is 1.20 bits per heavy atom. The average Bonchev–Trinajstić information content (AvgIpc) is 3.40. The number of para-hydroxylation sites is 1. The van der Waals surface area contributed by atoms with Gasteiger partial charge in [0, 0.05) is 17.8 Å². The molecule has 2 N–H and O–H groups in total. The lowest BCUT2D eigenvalue weighted by molar-refractivity contribution is -0.120. The highest BCUT2D eigenvalue weighted by Crippen LogP contribution is 2.24. The second-order valence-electron chi connectivity index (χ2n) is 7.63. The molecule has 0 spiro atoms. The Morgan fingerprint density at radius 2 is 2.00 bits per heavy atom. The molecule has 0 radical (unpaired) electrons. The molecule has 0 bridgehead atoms. The van der Waals surface area contributed by atoms with Crippen LogP contribution in [-0.4, -0.2) is 34.5 Å². The first-order valence-electron chi connectivity index (χ1n) is 10.5. The zero-order valence-corrected chi connectivity index (χ0v) is 17.2. The molecule has 30 heavy (non-hydrogen) atoms. The van der Waals surface area contributed by atoms with Crippen LogP contribution >= 0.6 is 0 Å². The first-order valence-corrected chi connectivity index (χ1v) is 10.5. The van der Waals surface area contributed by atoms with Gasteiger partial charge in [-0.1, -0.05) is 37.5 Å². The number of rotatable bonds is 7. The number of aryl methyl sites for hydroxylation is 1. The third kappa shape index (κ3) is 5.04. The lowest BCUT2D eigenvalue weighted by atomic mass is 9.95. The van der Waals surface area contributed by atoms with Gasteiger partial charge in [0.25, 0.3) is 5.91 Å². The number of benzene rings is 1. The Kier molecular flexibility index (Phi) is 6.39. The van der Waals surface area contributed by atoms with E-state index in [1.807, 2.05) is 55.6 Å². The molecular formula is C23H27N5O2. The van der Waals surface area contributed by atoms with Crippen LogP contribution in [0.2, 0.25) is 0 Å². The highest BCUT2D eigenvalue weighted by Gasteiger charge is 2.15. The fraction of sp³-hybridized carbons (Fsp3) is 0.348. The Morgan fingerprint density at radius 3 is 2.73 bits per heavy atom. The Bertz CT molecular complexity index is 1000. The summed E-state index contributed by atoms with van der Waals surface area (Å²) in [6.07, 6.45) is 9.53. The standard InChI is InChI=1S/C23H27N5O2/c1-17-12-13-21(30-17)23-18(16-28(27-23)20-10-6-3-7-11-20)14-25-26-22(29)15-24-19-8-4-2-5-9-19/h3,6-7,10-14,16,19,24H,2,4-5,8-9,15H2,1H3,(H,26,29)/b25-14-. The van der Waals surface area contributed by atoms with Gasteiger partial charge in [0.2, 0.25) is 0 Å². The van der Waals surface area contributed by atoms with E-state index in [1.165, 1.54) is 19.3 Å².